The third-order valence-corrected chi connectivity index (χ3v) is 8.11. The van der Waals surface area contributed by atoms with Crippen LogP contribution in [0.25, 0.3) is 0 Å². The summed E-state index contributed by atoms with van der Waals surface area (Å²) in [5, 5.41) is 4.39. The highest BCUT2D eigenvalue weighted by molar-refractivity contribution is 7.16. The minimum atomic E-state index is -0.972. The lowest BCUT2D eigenvalue weighted by atomic mass is 9.73. The van der Waals surface area contributed by atoms with Gasteiger partial charge >= 0.3 is 12.1 Å². The van der Waals surface area contributed by atoms with Crippen LogP contribution in [0.1, 0.15) is 70.1 Å². The number of anilines is 3. The highest BCUT2D eigenvalue weighted by Crippen LogP contribution is 2.47. The van der Waals surface area contributed by atoms with Gasteiger partial charge in [0.25, 0.3) is 0 Å². The van der Waals surface area contributed by atoms with Crippen LogP contribution in [0, 0.1) is 0 Å². The standard InChI is InChI=1S/C26H38N8O4S/c1-15-14-33(24(36)37-25(2,3)4)12-7-13-34(15)17-9-11-30-22(31-17)20(28)32-38-23(35)26(5)10-6-8-16-18(26)19(27)21(29)39-16/h9,11,15H,6-8,10,12-14,27,29H2,1-5H3,(H2,28,32)/t15-,26-/m0/s1. The lowest BCUT2D eigenvalue weighted by Crippen LogP contribution is -2.43. The molecule has 13 heteroatoms. The number of nitrogens with zero attached hydrogens (tertiary/aromatic N) is 5. The minimum absolute atomic E-state index is 0.0392. The van der Waals surface area contributed by atoms with Crippen LogP contribution in [0.15, 0.2) is 17.4 Å². The lowest BCUT2D eigenvalue weighted by Gasteiger charge is -2.31. The SMILES string of the molecule is C[C@H]1CN(C(=O)OC(C)(C)C)CCCN1c1ccnc(/C(N)=N/OC(=O)[C@@]2(C)CCCc3sc(N)c(N)c32)n1. The van der Waals surface area contributed by atoms with E-state index in [1.54, 1.807) is 24.1 Å². The van der Waals surface area contributed by atoms with Gasteiger partial charge in [0.05, 0.1) is 11.1 Å². The van der Waals surface area contributed by atoms with Gasteiger partial charge < -0.3 is 36.6 Å². The molecular formula is C26H38N8O4S. The quantitative estimate of drug-likeness (QED) is 0.219. The molecule has 2 aliphatic rings. The zero-order valence-corrected chi connectivity index (χ0v) is 24.0. The molecule has 0 spiro atoms. The number of hydrogen-bond donors (Lipinski definition) is 3. The second kappa shape index (κ2) is 10.9. The predicted molar refractivity (Wildman–Crippen MR) is 152 cm³/mol. The van der Waals surface area contributed by atoms with Crippen molar-refractivity contribution in [3.8, 4) is 0 Å². The van der Waals surface area contributed by atoms with Crippen molar-refractivity contribution in [3.05, 3.63) is 28.5 Å². The number of nitrogen functional groups attached to an aromatic ring is 2. The van der Waals surface area contributed by atoms with Crippen LogP contribution >= 0.6 is 11.3 Å². The fourth-order valence-corrected chi connectivity index (χ4v) is 6.24. The predicted octanol–water partition coefficient (Wildman–Crippen LogP) is 3.00. The van der Waals surface area contributed by atoms with Crippen LogP contribution < -0.4 is 22.1 Å². The molecule has 1 fully saturated rings. The van der Waals surface area contributed by atoms with Crippen LogP contribution in [0.2, 0.25) is 0 Å². The van der Waals surface area contributed by atoms with Crippen LogP contribution in [-0.4, -0.2) is 64.0 Å². The maximum absolute atomic E-state index is 13.2. The van der Waals surface area contributed by atoms with Crippen LogP contribution in [-0.2, 0) is 26.2 Å². The summed E-state index contributed by atoms with van der Waals surface area (Å²) < 4.78 is 5.55. The average molecular weight is 559 g/mol. The number of amidine groups is 1. The van der Waals surface area contributed by atoms with E-state index in [0.29, 0.717) is 42.6 Å². The molecule has 2 aromatic heterocycles. The highest BCUT2D eigenvalue weighted by atomic mass is 32.1. The Balaban J connectivity index is 1.47. The largest absolute Gasteiger partial charge is 0.444 e. The third kappa shape index (κ3) is 6.02. The first-order valence-electron chi connectivity index (χ1n) is 13.1. The fourth-order valence-electron chi connectivity index (χ4n) is 5.08. The minimum Gasteiger partial charge on any atom is -0.444 e. The molecule has 0 aromatic carbocycles. The normalized spacial score (nSPS) is 22.2. The smallest absolute Gasteiger partial charge is 0.410 e. The molecule has 3 heterocycles. The topological polar surface area (TPSA) is 175 Å². The molecule has 6 N–H and O–H groups in total. The van der Waals surface area contributed by atoms with Crippen molar-refractivity contribution < 1.29 is 19.2 Å². The Morgan fingerprint density at radius 2 is 1.97 bits per heavy atom. The van der Waals surface area contributed by atoms with E-state index in [1.807, 2.05) is 27.7 Å². The van der Waals surface area contributed by atoms with Crippen molar-refractivity contribution in [1.29, 1.82) is 0 Å². The summed E-state index contributed by atoms with van der Waals surface area (Å²) in [6, 6.07) is 1.74. The van der Waals surface area contributed by atoms with Gasteiger partial charge in [0, 0.05) is 42.3 Å². The Morgan fingerprint density at radius 3 is 2.69 bits per heavy atom. The van der Waals surface area contributed by atoms with Gasteiger partial charge in [0.15, 0.2) is 0 Å². The number of carbonyl (C=O) groups excluding carboxylic acids is 2. The molecule has 212 valence electrons. The molecular weight excluding hydrogens is 520 g/mol. The Morgan fingerprint density at radius 1 is 1.23 bits per heavy atom. The molecule has 12 nitrogen and oxygen atoms in total. The van der Waals surface area contributed by atoms with Gasteiger partial charge in [-0.15, -0.1) is 11.3 Å². The second-order valence-corrected chi connectivity index (χ2v) is 12.4. The molecule has 2 atom stereocenters. The van der Waals surface area contributed by atoms with E-state index in [0.717, 1.165) is 29.7 Å². The number of ether oxygens (including phenoxy) is 1. The van der Waals surface area contributed by atoms with E-state index in [2.05, 4.69) is 20.0 Å². The van der Waals surface area contributed by atoms with Crippen molar-refractivity contribution in [2.45, 2.75) is 77.4 Å². The summed E-state index contributed by atoms with van der Waals surface area (Å²) >= 11 is 1.41. The van der Waals surface area contributed by atoms with Crippen LogP contribution in [0.5, 0.6) is 0 Å². The van der Waals surface area contributed by atoms with Gasteiger partial charge in [0.2, 0.25) is 11.7 Å². The van der Waals surface area contributed by atoms with Gasteiger partial charge in [-0.25, -0.2) is 19.6 Å². The van der Waals surface area contributed by atoms with Crippen molar-refractivity contribution in [3.63, 3.8) is 0 Å². The molecule has 0 radical (unpaired) electrons. The summed E-state index contributed by atoms with van der Waals surface area (Å²) in [6.07, 6.45) is 4.18. The van der Waals surface area contributed by atoms with E-state index in [9.17, 15) is 9.59 Å². The van der Waals surface area contributed by atoms with E-state index in [-0.39, 0.29) is 23.8 Å². The van der Waals surface area contributed by atoms with Crippen molar-refractivity contribution >= 4 is 45.7 Å². The molecule has 2 aromatic rings. The van der Waals surface area contributed by atoms with Gasteiger partial charge in [-0.2, -0.15) is 0 Å². The Labute approximate surface area is 232 Å². The van der Waals surface area contributed by atoms with E-state index in [1.165, 1.54) is 11.3 Å². The Bertz CT molecular complexity index is 1270. The first-order chi connectivity index (χ1) is 18.3. The number of amides is 1. The summed E-state index contributed by atoms with van der Waals surface area (Å²) in [5.74, 6) is 0.0823. The van der Waals surface area contributed by atoms with E-state index >= 15 is 0 Å². The number of aryl methyl sites for hydroxylation is 1. The number of rotatable bonds is 4. The maximum atomic E-state index is 13.2. The number of thiophene rings is 1. The molecule has 1 amide bonds. The molecule has 1 saturated heterocycles. The molecule has 0 bridgehead atoms. The Kier molecular flexibility index (Phi) is 7.92. The van der Waals surface area contributed by atoms with E-state index < -0.39 is 17.0 Å². The highest BCUT2D eigenvalue weighted by Gasteiger charge is 2.44. The van der Waals surface area contributed by atoms with Gasteiger partial charge in [-0.1, -0.05) is 5.16 Å². The lowest BCUT2D eigenvalue weighted by molar-refractivity contribution is -0.150. The fraction of sp³-hybridized carbons (Fsp3) is 0.577. The molecule has 1 aliphatic heterocycles. The first kappa shape index (κ1) is 28.4. The van der Waals surface area contributed by atoms with Crippen molar-refractivity contribution in [2.24, 2.45) is 10.9 Å². The monoisotopic (exact) mass is 558 g/mol. The van der Waals surface area contributed by atoms with Crippen molar-refractivity contribution in [1.82, 2.24) is 14.9 Å². The number of oxime groups is 1. The number of aromatic nitrogens is 2. The van der Waals surface area contributed by atoms with Gasteiger partial charge in [-0.05, 0) is 66.4 Å². The number of fused-ring (bicyclic) bond motifs is 1. The number of nitrogens with two attached hydrogens (primary N) is 3. The summed E-state index contributed by atoms with van der Waals surface area (Å²) in [5.41, 5.74) is 18.0. The molecule has 4 rings (SSSR count). The average Bonchev–Trinajstić information content (AvgIpc) is 3.04. The molecule has 0 saturated carbocycles. The molecule has 0 unspecified atom stereocenters. The first-order valence-corrected chi connectivity index (χ1v) is 13.9. The van der Waals surface area contributed by atoms with Crippen LogP contribution in [0.4, 0.5) is 21.3 Å². The second-order valence-electron chi connectivity index (χ2n) is 11.3. The number of carbonyl (C=O) groups is 2. The number of hydrogen-bond acceptors (Lipinski definition) is 11. The van der Waals surface area contributed by atoms with Crippen molar-refractivity contribution in [2.75, 3.05) is 36.0 Å². The summed E-state index contributed by atoms with van der Waals surface area (Å²) in [6.45, 7) is 11.1. The van der Waals surface area contributed by atoms with Gasteiger partial charge in [0.1, 0.15) is 16.4 Å². The summed E-state index contributed by atoms with van der Waals surface area (Å²) in [4.78, 5) is 44.7. The third-order valence-electron chi connectivity index (χ3n) is 7.02. The van der Waals surface area contributed by atoms with Crippen LogP contribution in [0.3, 0.4) is 0 Å². The molecule has 1 aliphatic carbocycles. The summed E-state index contributed by atoms with van der Waals surface area (Å²) in [7, 11) is 0. The maximum Gasteiger partial charge on any atom is 0.410 e. The van der Waals surface area contributed by atoms with Gasteiger partial charge in [-0.3, -0.25) is 0 Å². The zero-order valence-electron chi connectivity index (χ0n) is 23.2. The zero-order chi connectivity index (χ0) is 28.5. The molecule has 39 heavy (non-hydrogen) atoms. The Hall–Kier alpha value is -3.61. The van der Waals surface area contributed by atoms with E-state index in [4.69, 9.17) is 26.8 Å².